The zero-order chi connectivity index (χ0) is 12.9. The van der Waals surface area contributed by atoms with Crippen molar-refractivity contribution in [1.29, 1.82) is 0 Å². The van der Waals surface area contributed by atoms with Crippen molar-refractivity contribution in [2.75, 3.05) is 13.7 Å². The van der Waals surface area contributed by atoms with E-state index in [0.717, 1.165) is 12.0 Å². The number of methoxy groups -OCH3 is 1. The van der Waals surface area contributed by atoms with E-state index in [1.165, 1.54) is 7.11 Å². The highest BCUT2D eigenvalue weighted by atomic mass is 16.5. The molecule has 1 amide bonds. The van der Waals surface area contributed by atoms with Gasteiger partial charge in [0.05, 0.1) is 7.11 Å². The summed E-state index contributed by atoms with van der Waals surface area (Å²) < 4.78 is 4.62. The molecule has 0 aromatic heterocycles. The van der Waals surface area contributed by atoms with E-state index in [4.69, 9.17) is 7.85 Å². The topological polar surface area (TPSA) is 46.6 Å². The number of nitrogens with zero attached hydrogens (tertiary/aromatic N) is 1. The number of carbonyl (C=O) groups is 2. The molecule has 1 saturated carbocycles. The molecular weight excluding hydrogens is 229 g/mol. The second-order valence-corrected chi connectivity index (χ2v) is 4.77. The van der Waals surface area contributed by atoms with Crippen molar-refractivity contribution in [1.82, 2.24) is 4.90 Å². The molecule has 0 bridgehead atoms. The average molecular weight is 241 g/mol. The summed E-state index contributed by atoms with van der Waals surface area (Å²) >= 11 is 0. The predicted molar refractivity (Wildman–Crippen MR) is 66.0 cm³/mol. The van der Waals surface area contributed by atoms with Crippen LogP contribution in [0.5, 0.6) is 0 Å². The van der Waals surface area contributed by atoms with Gasteiger partial charge in [-0.25, -0.2) is 0 Å². The van der Waals surface area contributed by atoms with Crippen LogP contribution in [0.25, 0.3) is 0 Å². The summed E-state index contributed by atoms with van der Waals surface area (Å²) in [5, 5.41) is 0. The van der Waals surface area contributed by atoms with Crippen LogP contribution in [0.2, 0.25) is 0 Å². The fourth-order valence-corrected chi connectivity index (χ4v) is 2.64. The van der Waals surface area contributed by atoms with Crippen molar-refractivity contribution in [2.45, 2.75) is 18.4 Å². The minimum atomic E-state index is -0.382. The summed E-state index contributed by atoms with van der Waals surface area (Å²) in [6, 6.07) is 5.46. The maximum absolute atomic E-state index is 12.3. The number of benzene rings is 1. The number of hydrogen-bond acceptors (Lipinski definition) is 3. The highest BCUT2D eigenvalue weighted by molar-refractivity contribution is 6.32. The molecule has 0 saturated heterocycles. The summed E-state index contributed by atoms with van der Waals surface area (Å²) in [6.45, 7) is 0.0281. The fraction of sp³-hybridized carbons (Fsp3) is 0.385. The van der Waals surface area contributed by atoms with Gasteiger partial charge in [0.1, 0.15) is 14.4 Å². The Hall–Kier alpha value is -1.78. The molecule has 2 radical (unpaired) electrons. The van der Waals surface area contributed by atoms with E-state index in [2.05, 4.69) is 4.74 Å². The van der Waals surface area contributed by atoms with Crippen molar-refractivity contribution in [3.8, 4) is 0 Å². The van der Waals surface area contributed by atoms with Crippen LogP contribution in [0.1, 0.15) is 28.3 Å². The molecule has 3 rings (SSSR count). The van der Waals surface area contributed by atoms with Gasteiger partial charge in [0.25, 0.3) is 5.91 Å². The lowest BCUT2D eigenvalue weighted by molar-refractivity contribution is -0.141. The zero-order valence-corrected chi connectivity index (χ0v) is 10.1. The van der Waals surface area contributed by atoms with Crippen LogP contribution >= 0.6 is 0 Å². The highest BCUT2D eigenvalue weighted by Crippen LogP contribution is 2.49. The third-order valence-electron chi connectivity index (χ3n) is 3.65. The molecule has 0 N–H and O–H groups in total. The van der Waals surface area contributed by atoms with Crippen LogP contribution in [0, 0.1) is 0 Å². The largest absolute Gasteiger partial charge is 0.468 e. The number of fused-ring (bicyclic) bond motifs is 3. The van der Waals surface area contributed by atoms with Crippen molar-refractivity contribution < 1.29 is 14.3 Å². The van der Waals surface area contributed by atoms with Gasteiger partial charge in [-0.1, -0.05) is 17.6 Å². The summed E-state index contributed by atoms with van der Waals surface area (Å²) in [7, 11) is 7.08. The van der Waals surface area contributed by atoms with E-state index >= 15 is 0 Å². The van der Waals surface area contributed by atoms with E-state index in [0.29, 0.717) is 16.9 Å². The van der Waals surface area contributed by atoms with Crippen molar-refractivity contribution in [2.24, 2.45) is 0 Å². The van der Waals surface area contributed by atoms with Gasteiger partial charge in [0, 0.05) is 17.5 Å². The summed E-state index contributed by atoms with van der Waals surface area (Å²) in [4.78, 5) is 25.2. The molecule has 1 aliphatic heterocycles. The van der Waals surface area contributed by atoms with Gasteiger partial charge in [0.2, 0.25) is 0 Å². The Balaban J connectivity index is 1.94. The van der Waals surface area contributed by atoms with Crippen LogP contribution in [-0.2, 0) is 9.53 Å². The molecule has 5 heteroatoms. The van der Waals surface area contributed by atoms with Gasteiger partial charge in [-0.05, 0) is 18.1 Å². The van der Waals surface area contributed by atoms with Crippen LogP contribution in [0.4, 0.5) is 0 Å². The molecule has 1 aromatic rings. The number of carbonyl (C=O) groups excluding carboxylic acids is 2. The average Bonchev–Trinajstić information content (AvgIpc) is 3.14. The van der Waals surface area contributed by atoms with Crippen LogP contribution in [-0.4, -0.2) is 44.3 Å². The molecule has 0 spiro atoms. The van der Waals surface area contributed by atoms with E-state index in [9.17, 15) is 9.59 Å². The molecule has 1 heterocycles. The maximum atomic E-state index is 12.3. The number of esters is 1. The van der Waals surface area contributed by atoms with Gasteiger partial charge < -0.3 is 9.64 Å². The minimum absolute atomic E-state index is 0.0281. The third-order valence-corrected chi connectivity index (χ3v) is 3.65. The molecular formula is C13H12BNO3. The van der Waals surface area contributed by atoms with Crippen molar-refractivity contribution in [3.63, 3.8) is 0 Å². The van der Waals surface area contributed by atoms with Gasteiger partial charge in [-0.15, -0.1) is 0 Å². The predicted octanol–water partition coefficient (Wildman–Crippen LogP) is -0.0349. The van der Waals surface area contributed by atoms with Crippen LogP contribution in [0.3, 0.4) is 0 Å². The number of hydrogen-bond donors (Lipinski definition) is 0. The second-order valence-electron chi connectivity index (χ2n) is 4.77. The van der Waals surface area contributed by atoms with Gasteiger partial charge >= 0.3 is 5.97 Å². The Morgan fingerprint density at radius 3 is 3.06 bits per heavy atom. The van der Waals surface area contributed by atoms with E-state index in [1.807, 2.05) is 6.07 Å². The first kappa shape index (κ1) is 11.3. The van der Waals surface area contributed by atoms with Gasteiger partial charge in [-0.3, -0.25) is 9.59 Å². The van der Waals surface area contributed by atoms with Crippen LogP contribution < -0.4 is 5.46 Å². The molecule has 4 nitrogen and oxygen atoms in total. The van der Waals surface area contributed by atoms with Gasteiger partial charge in [-0.2, -0.15) is 0 Å². The maximum Gasteiger partial charge on any atom is 0.325 e. The highest BCUT2D eigenvalue weighted by Gasteiger charge is 2.50. The summed E-state index contributed by atoms with van der Waals surface area (Å²) in [6.07, 6.45) is 0.902. The Labute approximate surface area is 106 Å². The van der Waals surface area contributed by atoms with E-state index < -0.39 is 0 Å². The second kappa shape index (κ2) is 3.87. The van der Waals surface area contributed by atoms with Crippen molar-refractivity contribution >= 4 is 25.2 Å². The first-order valence-corrected chi connectivity index (χ1v) is 5.89. The lowest BCUT2D eigenvalue weighted by Crippen LogP contribution is -2.41. The SMILES string of the molecule is [B]c1ccc2c(c1)[C@@H]1C[C@@H]1N(CC(=O)OC)C2=O. The molecule has 2 aliphatic rings. The van der Waals surface area contributed by atoms with E-state index in [1.54, 1.807) is 17.0 Å². The standard InChI is InChI=1S/C13H12BNO3/c1-18-12(16)6-15-11-5-10(11)9-4-7(14)2-3-8(9)13(15)17/h2-4,10-11H,5-6H2,1H3/t10-,11-/m0/s1. The fourth-order valence-electron chi connectivity index (χ4n) is 2.64. The Bertz CT molecular complexity index is 543. The first-order chi connectivity index (χ1) is 8.61. The molecule has 1 fully saturated rings. The van der Waals surface area contributed by atoms with Crippen molar-refractivity contribution in [3.05, 3.63) is 29.3 Å². The number of ether oxygens (including phenoxy) is 1. The molecule has 1 aromatic carbocycles. The van der Waals surface area contributed by atoms with Crippen LogP contribution in [0.15, 0.2) is 18.2 Å². The van der Waals surface area contributed by atoms with Gasteiger partial charge in [0.15, 0.2) is 0 Å². The number of rotatable bonds is 2. The molecule has 1 aliphatic carbocycles. The molecule has 2 atom stereocenters. The molecule has 0 unspecified atom stereocenters. The molecule has 90 valence electrons. The smallest absolute Gasteiger partial charge is 0.325 e. The quantitative estimate of drug-likeness (QED) is 0.539. The molecule has 18 heavy (non-hydrogen) atoms. The zero-order valence-electron chi connectivity index (χ0n) is 10.1. The Morgan fingerprint density at radius 2 is 2.33 bits per heavy atom. The summed E-state index contributed by atoms with van der Waals surface area (Å²) in [5.41, 5.74) is 2.35. The number of amides is 1. The Morgan fingerprint density at radius 1 is 1.56 bits per heavy atom. The monoisotopic (exact) mass is 241 g/mol. The normalized spacial score (nSPS) is 24.3. The lowest BCUT2D eigenvalue weighted by Gasteiger charge is -2.27. The third kappa shape index (κ3) is 1.62. The van der Waals surface area contributed by atoms with E-state index in [-0.39, 0.29) is 24.5 Å². The Kier molecular flexibility index (Phi) is 2.43. The summed E-state index contributed by atoms with van der Waals surface area (Å²) in [5.74, 6) is -0.159. The minimum Gasteiger partial charge on any atom is -0.468 e. The first-order valence-electron chi connectivity index (χ1n) is 5.89. The lowest BCUT2D eigenvalue weighted by atomic mass is 9.88.